The lowest BCUT2D eigenvalue weighted by molar-refractivity contribution is -0.191. The number of alkyl halides is 2. The highest BCUT2D eigenvalue weighted by Crippen LogP contribution is 2.30. The van der Waals surface area contributed by atoms with Crippen molar-refractivity contribution in [3.63, 3.8) is 0 Å². The van der Waals surface area contributed by atoms with Crippen LogP contribution in [0.2, 0.25) is 0 Å². The van der Waals surface area contributed by atoms with E-state index in [0.717, 1.165) is 6.92 Å². The van der Waals surface area contributed by atoms with Crippen molar-refractivity contribution in [3.05, 3.63) is 0 Å². The predicted molar refractivity (Wildman–Crippen MR) is 28.4 cm³/mol. The summed E-state index contributed by atoms with van der Waals surface area (Å²) in [4.78, 5) is 0. The van der Waals surface area contributed by atoms with Gasteiger partial charge in [-0.25, -0.2) is 8.78 Å². The van der Waals surface area contributed by atoms with Gasteiger partial charge in [0.15, 0.2) is 5.60 Å². The molecule has 0 aromatic carbocycles. The molecule has 0 saturated carbocycles. The molecular weight excluding hydrogens is 128 g/mol. The molecule has 0 aromatic heterocycles. The Morgan fingerprint density at radius 3 is 2.00 bits per heavy atom. The number of β-amino-alcohol motifs (C(OH)–C–C–N with tert-alkyl or cyclic N) is 1. The van der Waals surface area contributed by atoms with Crippen molar-refractivity contribution in [2.24, 2.45) is 0 Å². The Balaban J connectivity index is 2.59. The van der Waals surface area contributed by atoms with Crippen LogP contribution < -0.4 is 5.32 Å². The first-order chi connectivity index (χ1) is 3.96. The van der Waals surface area contributed by atoms with Crippen molar-refractivity contribution < 1.29 is 13.9 Å². The predicted octanol–water partition coefficient (Wildman–Crippen LogP) is -0.0241. The first-order valence-corrected chi connectivity index (χ1v) is 2.77. The molecule has 9 heavy (non-hydrogen) atoms. The van der Waals surface area contributed by atoms with Gasteiger partial charge >= 0.3 is 0 Å². The van der Waals surface area contributed by atoms with Gasteiger partial charge in [-0.2, -0.15) is 0 Å². The van der Waals surface area contributed by atoms with Gasteiger partial charge in [0.2, 0.25) is 0 Å². The lowest BCUT2D eigenvalue weighted by Crippen LogP contribution is -2.68. The van der Waals surface area contributed by atoms with E-state index in [1.807, 2.05) is 0 Å². The zero-order chi connectivity index (χ0) is 7.12. The summed E-state index contributed by atoms with van der Waals surface area (Å²) in [5.74, 6) is -2.97. The summed E-state index contributed by atoms with van der Waals surface area (Å²) in [6.07, 6.45) is 0. The van der Waals surface area contributed by atoms with Crippen molar-refractivity contribution in [1.82, 2.24) is 5.32 Å². The molecule has 2 nitrogen and oxygen atoms in total. The van der Waals surface area contributed by atoms with Gasteiger partial charge in [-0.3, -0.25) is 0 Å². The van der Waals surface area contributed by atoms with Gasteiger partial charge < -0.3 is 10.4 Å². The van der Waals surface area contributed by atoms with E-state index in [1.54, 1.807) is 0 Å². The molecule has 0 atom stereocenters. The smallest absolute Gasteiger partial charge is 0.275 e. The summed E-state index contributed by atoms with van der Waals surface area (Å²) in [5.41, 5.74) is -1.78. The van der Waals surface area contributed by atoms with E-state index < -0.39 is 11.5 Å². The van der Waals surface area contributed by atoms with Gasteiger partial charge in [-0.05, 0) is 0 Å². The van der Waals surface area contributed by atoms with E-state index in [9.17, 15) is 8.78 Å². The van der Waals surface area contributed by atoms with Gasteiger partial charge in [0.1, 0.15) is 0 Å². The summed E-state index contributed by atoms with van der Waals surface area (Å²) in [7, 11) is 0. The Bertz CT molecular complexity index is 117. The highest BCUT2D eigenvalue weighted by Gasteiger charge is 2.52. The minimum Gasteiger partial charge on any atom is -0.381 e. The zero-order valence-electron chi connectivity index (χ0n) is 5.12. The van der Waals surface area contributed by atoms with Crippen LogP contribution in [0.5, 0.6) is 0 Å². The third kappa shape index (κ3) is 0.923. The van der Waals surface area contributed by atoms with Gasteiger partial charge in [0.05, 0.1) is 0 Å². The normalized spacial score (nSPS) is 25.3. The Morgan fingerprint density at radius 2 is 2.00 bits per heavy atom. The number of hydrogen-bond donors (Lipinski definition) is 2. The average molecular weight is 137 g/mol. The second-order valence-corrected chi connectivity index (χ2v) is 2.52. The van der Waals surface area contributed by atoms with E-state index in [-0.39, 0.29) is 13.1 Å². The Morgan fingerprint density at radius 1 is 1.56 bits per heavy atom. The van der Waals surface area contributed by atoms with E-state index in [1.165, 1.54) is 0 Å². The molecule has 0 aliphatic carbocycles. The number of aliphatic hydroxyl groups is 1. The SMILES string of the molecule is CC(F)(F)C1(O)CNC1. The molecular formula is C5H9F2NO. The molecule has 54 valence electrons. The molecule has 0 radical (unpaired) electrons. The van der Waals surface area contributed by atoms with Crippen molar-refractivity contribution in [3.8, 4) is 0 Å². The fourth-order valence-corrected chi connectivity index (χ4v) is 0.672. The molecule has 1 aliphatic heterocycles. The summed E-state index contributed by atoms with van der Waals surface area (Å²) < 4.78 is 24.5. The number of hydrogen-bond acceptors (Lipinski definition) is 2. The van der Waals surface area contributed by atoms with Crippen LogP contribution in [0.1, 0.15) is 6.92 Å². The van der Waals surface area contributed by atoms with Crippen molar-refractivity contribution in [1.29, 1.82) is 0 Å². The van der Waals surface area contributed by atoms with Crippen molar-refractivity contribution in [2.75, 3.05) is 13.1 Å². The summed E-state index contributed by atoms with van der Waals surface area (Å²) >= 11 is 0. The standard InChI is InChI=1S/C5H9F2NO/c1-4(6,7)5(9)2-8-3-5/h8-9H,2-3H2,1H3. The number of halogens is 2. The number of rotatable bonds is 1. The minimum absolute atomic E-state index is 0.00347. The van der Waals surface area contributed by atoms with Crippen LogP contribution in [0.4, 0.5) is 8.78 Å². The van der Waals surface area contributed by atoms with Crippen molar-refractivity contribution in [2.45, 2.75) is 18.4 Å². The summed E-state index contributed by atoms with van der Waals surface area (Å²) in [6.45, 7) is 0.723. The van der Waals surface area contributed by atoms with E-state index in [4.69, 9.17) is 5.11 Å². The Hall–Kier alpha value is -0.220. The van der Waals surface area contributed by atoms with E-state index in [0.29, 0.717) is 0 Å². The molecule has 0 spiro atoms. The molecule has 2 N–H and O–H groups in total. The monoisotopic (exact) mass is 137 g/mol. The first kappa shape index (κ1) is 6.89. The van der Waals surface area contributed by atoms with Gasteiger partial charge in [-0.15, -0.1) is 0 Å². The largest absolute Gasteiger partial charge is 0.381 e. The summed E-state index contributed by atoms with van der Waals surface area (Å²) in [6, 6.07) is 0. The second kappa shape index (κ2) is 1.64. The lowest BCUT2D eigenvalue weighted by atomic mass is 9.91. The molecule has 1 rings (SSSR count). The summed E-state index contributed by atoms with van der Waals surface area (Å²) in [5, 5.41) is 11.5. The fraction of sp³-hybridized carbons (Fsp3) is 1.00. The van der Waals surface area contributed by atoms with Crippen LogP contribution in [0.15, 0.2) is 0 Å². The molecule has 0 aromatic rings. The molecule has 0 amide bonds. The van der Waals surface area contributed by atoms with Gasteiger partial charge in [0, 0.05) is 20.0 Å². The van der Waals surface area contributed by atoms with E-state index >= 15 is 0 Å². The Labute approximate surface area is 51.9 Å². The average Bonchev–Trinajstić information content (AvgIpc) is 1.57. The molecule has 1 aliphatic rings. The molecule has 1 saturated heterocycles. The van der Waals surface area contributed by atoms with Gasteiger partial charge in [-0.1, -0.05) is 0 Å². The van der Waals surface area contributed by atoms with Crippen LogP contribution in [0, 0.1) is 0 Å². The fourth-order valence-electron chi connectivity index (χ4n) is 0.672. The first-order valence-electron chi connectivity index (χ1n) is 2.77. The van der Waals surface area contributed by atoms with Gasteiger partial charge in [0.25, 0.3) is 5.92 Å². The number of nitrogens with one attached hydrogen (secondary N) is 1. The van der Waals surface area contributed by atoms with Crippen LogP contribution in [0.3, 0.4) is 0 Å². The van der Waals surface area contributed by atoms with Crippen LogP contribution in [0.25, 0.3) is 0 Å². The van der Waals surface area contributed by atoms with Crippen molar-refractivity contribution >= 4 is 0 Å². The highest BCUT2D eigenvalue weighted by atomic mass is 19.3. The topological polar surface area (TPSA) is 32.3 Å². The molecule has 4 heteroatoms. The maximum atomic E-state index is 12.3. The third-order valence-corrected chi connectivity index (χ3v) is 1.65. The maximum Gasteiger partial charge on any atom is 0.275 e. The highest BCUT2D eigenvalue weighted by molar-refractivity contribution is 5.01. The maximum absolute atomic E-state index is 12.3. The third-order valence-electron chi connectivity index (χ3n) is 1.65. The van der Waals surface area contributed by atoms with Crippen LogP contribution >= 0.6 is 0 Å². The minimum atomic E-state index is -2.97. The zero-order valence-corrected chi connectivity index (χ0v) is 5.12. The van der Waals surface area contributed by atoms with Crippen LogP contribution in [-0.2, 0) is 0 Å². The molecule has 1 fully saturated rings. The quantitative estimate of drug-likeness (QED) is 0.532. The molecule has 1 heterocycles. The van der Waals surface area contributed by atoms with E-state index in [2.05, 4.69) is 5.32 Å². The molecule has 0 bridgehead atoms. The molecule has 0 unspecified atom stereocenters. The lowest BCUT2D eigenvalue weighted by Gasteiger charge is -2.41. The Kier molecular flexibility index (Phi) is 1.25. The van der Waals surface area contributed by atoms with Crippen LogP contribution in [-0.4, -0.2) is 29.7 Å². The second-order valence-electron chi connectivity index (χ2n) is 2.52.